The van der Waals surface area contributed by atoms with Crippen LogP contribution in [0.3, 0.4) is 0 Å². The van der Waals surface area contributed by atoms with E-state index >= 15 is 0 Å². The summed E-state index contributed by atoms with van der Waals surface area (Å²) in [4.78, 5) is 14.3. The van der Waals surface area contributed by atoms with Crippen LogP contribution in [-0.4, -0.2) is 57.5 Å². The first-order valence-corrected chi connectivity index (χ1v) is 14.3. The molecule has 0 radical (unpaired) electrons. The minimum Gasteiger partial charge on any atom is -0.520 e. The van der Waals surface area contributed by atoms with Crippen LogP contribution in [0.25, 0.3) is 0 Å². The maximum atomic E-state index is 12.1. The van der Waals surface area contributed by atoms with Crippen molar-refractivity contribution in [2.45, 2.75) is 38.5 Å². The smallest absolute Gasteiger partial charge is 0.500 e. The second kappa shape index (κ2) is 10.8. The minimum atomic E-state index is -2.57. The van der Waals surface area contributed by atoms with Crippen LogP contribution in [0.2, 0.25) is 25.7 Å². The van der Waals surface area contributed by atoms with E-state index in [9.17, 15) is 4.79 Å². The molecule has 148 valence electrons. The van der Waals surface area contributed by atoms with Gasteiger partial charge >= 0.3 is 8.80 Å². The first-order chi connectivity index (χ1) is 12.2. The van der Waals surface area contributed by atoms with Crippen molar-refractivity contribution in [1.82, 2.24) is 0 Å². The third kappa shape index (κ3) is 8.00. The molecule has 0 saturated heterocycles. The molecule has 0 spiro atoms. The van der Waals surface area contributed by atoms with Crippen LogP contribution in [0.1, 0.15) is 12.8 Å². The molecule has 1 rings (SSSR count). The van der Waals surface area contributed by atoms with Gasteiger partial charge in [-0.3, -0.25) is 4.79 Å². The first-order valence-electron chi connectivity index (χ1n) is 8.92. The van der Waals surface area contributed by atoms with Crippen molar-refractivity contribution in [2.24, 2.45) is 0 Å². The Labute approximate surface area is 159 Å². The monoisotopic (exact) mass is 399 g/mol. The van der Waals surface area contributed by atoms with E-state index in [0.29, 0.717) is 13.0 Å². The second-order valence-electron chi connectivity index (χ2n) is 7.06. The quantitative estimate of drug-likeness (QED) is 0.501. The van der Waals surface area contributed by atoms with Crippen LogP contribution in [0, 0.1) is 0 Å². The van der Waals surface area contributed by atoms with Crippen LogP contribution >= 0.6 is 0 Å². The largest absolute Gasteiger partial charge is 0.520 e. The van der Waals surface area contributed by atoms with E-state index < -0.39 is 17.1 Å². The van der Waals surface area contributed by atoms with Gasteiger partial charge in [-0.2, -0.15) is 0 Å². The van der Waals surface area contributed by atoms with Crippen molar-refractivity contribution in [3.63, 3.8) is 0 Å². The fourth-order valence-corrected chi connectivity index (χ4v) is 5.16. The summed E-state index contributed by atoms with van der Waals surface area (Å²) in [6, 6.07) is 10.8. The fraction of sp³-hybridized carbons (Fsp3) is 0.611. The average molecular weight is 400 g/mol. The molecule has 0 aromatic heterocycles. The third-order valence-corrected chi connectivity index (χ3v) is 7.64. The molecule has 26 heavy (non-hydrogen) atoms. The molecule has 1 aromatic rings. The van der Waals surface area contributed by atoms with Gasteiger partial charge in [0.15, 0.2) is 0 Å². The standard InChI is InChI=1S/C18H33NO5Si2/c1-21-26(22-2,23-3)16-10-14-19(17-11-8-7-9-12-17)15-13-18(20)24-25(4,5)6/h7-9,11-12H,10,13-16H2,1-6H3. The molecule has 0 N–H and O–H groups in total. The summed E-state index contributed by atoms with van der Waals surface area (Å²) in [5, 5.41) is 0. The Hall–Kier alpha value is -1.20. The fourth-order valence-electron chi connectivity index (χ4n) is 2.67. The highest BCUT2D eigenvalue weighted by Gasteiger charge is 2.37. The van der Waals surface area contributed by atoms with Gasteiger partial charge in [0.2, 0.25) is 8.32 Å². The maximum Gasteiger partial charge on any atom is 0.500 e. The Balaban J connectivity index is 2.67. The van der Waals surface area contributed by atoms with Gasteiger partial charge in [0.25, 0.3) is 5.97 Å². The van der Waals surface area contributed by atoms with E-state index in [1.54, 1.807) is 21.3 Å². The summed E-state index contributed by atoms with van der Waals surface area (Å²) in [6.07, 6.45) is 1.22. The summed E-state index contributed by atoms with van der Waals surface area (Å²) < 4.78 is 22.0. The second-order valence-corrected chi connectivity index (χ2v) is 14.6. The number of rotatable bonds is 12. The zero-order valence-corrected chi connectivity index (χ0v) is 18.9. The SMILES string of the molecule is CO[Si](CCCN(CCC(=O)O[Si](C)(C)C)c1ccccc1)(OC)OC. The lowest BCUT2D eigenvalue weighted by Gasteiger charge is -2.28. The van der Waals surface area contributed by atoms with Crippen LogP contribution in [0.15, 0.2) is 30.3 Å². The van der Waals surface area contributed by atoms with Crippen molar-refractivity contribution in [1.29, 1.82) is 0 Å². The van der Waals surface area contributed by atoms with Crippen molar-refractivity contribution in [3.8, 4) is 0 Å². The lowest BCUT2D eigenvalue weighted by Crippen LogP contribution is -2.43. The van der Waals surface area contributed by atoms with E-state index in [2.05, 4.69) is 17.0 Å². The highest BCUT2D eigenvalue weighted by Crippen LogP contribution is 2.19. The molecular weight excluding hydrogens is 366 g/mol. The predicted molar refractivity (Wildman–Crippen MR) is 109 cm³/mol. The first kappa shape index (κ1) is 22.8. The van der Waals surface area contributed by atoms with Crippen LogP contribution in [0.4, 0.5) is 5.69 Å². The van der Waals surface area contributed by atoms with Crippen LogP contribution in [-0.2, 0) is 22.5 Å². The molecule has 0 unspecified atom stereocenters. The Kier molecular flexibility index (Phi) is 9.52. The third-order valence-electron chi connectivity index (χ3n) is 3.97. The Morgan fingerprint density at radius 2 is 1.54 bits per heavy atom. The number of hydrogen-bond donors (Lipinski definition) is 0. The number of carbonyl (C=O) groups is 1. The molecule has 0 bridgehead atoms. The number of para-hydroxylation sites is 1. The molecule has 1 aromatic carbocycles. The normalized spacial score (nSPS) is 12.1. The molecule has 6 nitrogen and oxygen atoms in total. The number of hydrogen-bond acceptors (Lipinski definition) is 6. The molecule has 0 atom stereocenters. The lowest BCUT2D eigenvalue weighted by atomic mass is 10.2. The van der Waals surface area contributed by atoms with E-state index in [-0.39, 0.29) is 5.97 Å². The highest BCUT2D eigenvalue weighted by atomic mass is 28.4. The molecule has 0 saturated carbocycles. The van der Waals surface area contributed by atoms with Gasteiger partial charge in [0, 0.05) is 46.2 Å². The van der Waals surface area contributed by atoms with Crippen molar-refractivity contribution in [3.05, 3.63) is 30.3 Å². The topological polar surface area (TPSA) is 57.2 Å². The Morgan fingerprint density at radius 1 is 0.962 bits per heavy atom. The summed E-state index contributed by atoms with van der Waals surface area (Å²) in [5.74, 6) is -0.125. The van der Waals surface area contributed by atoms with Gasteiger partial charge in [0.1, 0.15) is 0 Å². The summed E-state index contributed by atoms with van der Waals surface area (Å²) in [6.45, 7) is 7.46. The molecule has 0 aliphatic rings. The van der Waals surface area contributed by atoms with Gasteiger partial charge < -0.3 is 22.6 Å². The van der Waals surface area contributed by atoms with Crippen LogP contribution < -0.4 is 4.90 Å². The lowest BCUT2D eigenvalue weighted by molar-refractivity contribution is -0.134. The summed E-state index contributed by atoms with van der Waals surface area (Å²) >= 11 is 0. The van der Waals surface area contributed by atoms with Gasteiger partial charge in [0.05, 0.1) is 6.42 Å². The van der Waals surface area contributed by atoms with E-state index in [1.807, 2.05) is 37.8 Å². The summed E-state index contributed by atoms with van der Waals surface area (Å²) in [5.41, 5.74) is 1.09. The Bertz CT molecular complexity index is 524. The van der Waals surface area contributed by atoms with Crippen molar-refractivity contribution < 1.29 is 22.5 Å². The molecule has 0 fully saturated rings. The van der Waals surface area contributed by atoms with Gasteiger partial charge in [-0.05, 0) is 38.2 Å². The number of nitrogens with zero attached hydrogens (tertiary/aromatic N) is 1. The maximum absolute atomic E-state index is 12.1. The average Bonchev–Trinajstić information content (AvgIpc) is 2.61. The van der Waals surface area contributed by atoms with Crippen molar-refractivity contribution in [2.75, 3.05) is 39.3 Å². The van der Waals surface area contributed by atoms with Gasteiger partial charge in [-0.15, -0.1) is 0 Å². The minimum absolute atomic E-state index is 0.125. The van der Waals surface area contributed by atoms with Crippen molar-refractivity contribution >= 4 is 28.8 Å². The predicted octanol–water partition coefficient (Wildman–Crippen LogP) is 3.53. The summed E-state index contributed by atoms with van der Waals surface area (Å²) in [7, 11) is 0.454. The molecule has 0 aliphatic carbocycles. The number of anilines is 1. The molecule has 0 amide bonds. The molecule has 0 aliphatic heterocycles. The number of benzene rings is 1. The van der Waals surface area contributed by atoms with E-state index in [1.165, 1.54) is 0 Å². The molecule has 8 heteroatoms. The van der Waals surface area contributed by atoms with E-state index in [4.69, 9.17) is 17.7 Å². The highest BCUT2D eigenvalue weighted by molar-refractivity contribution is 6.71. The van der Waals surface area contributed by atoms with Gasteiger partial charge in [-0.25, -0.2) is 0 Å². The Morgan fingerprint density at radius 3 is 2.04 bits per heavy atom. The zero-order valence-electron chi connectivity index (χ0n) is 16.9. The van der Waals surface area contributed by atoms with Crippen LogP contribution in [0.5, 0.6) is 0 Å². The molecular formula is C18H33NO5Si2. The van der Waals surface area contributed by atoms with Gasteiger partial charge in [-0.1, -0.05) is 18.2 Å². The zero-order chi connectivity index (χ0) is 19.6. The van der Waals surface area contributed by atoms with E-state index in [0.717, 1.165) is 24.7 Å². The molecule has 0 heterocycles. The number of carbonyl (C=O) groups excluding carboxylic acids is 1.